The maximum absolute atomic E-state index is 11.0. The molecule has 0 amide bonds. The van der Waals surface area contributed by atoms with Crippen LogP contribution >= 0.6 is 34.8 Å². The number of benzene rings is 1. The van der Waals surface area contributed by atoms with E-state index in [9.17, 15) is 4.79 Å². The molecular formula is C11H7Cl3N2O. The summed E-state index contributed by atoms with van der Waals surface area (Å²) < 4.78 is 1.43. The van der Waals surface area contributed by atoms with E-state index in [-0.39, 0.29) is 0 Å². The SMILES string of the molecule is Cn1nc(-c2ccc(Cl)c(Cl)c2)c(C=O)c1Cl. The molecule has 0 N–H and O–H groups in total. The molecule has 0 atom stereocenters. The van der Waals surface area contributed by atoms with Crippen LogP contribution in [-0.4, -0.2) is 16.1 Å². The van der Waals surface area contributed by atoms with Gasteiger partial charge in [-0.25, -0.2) is 0 Å². The van der Waals surface area contributed by atoms with Gasteiger partial charge in [0.25, 0.3) is 0 Å². The number of hydrogen-bond donors (Lipinski definition) is 0. The number of hydrogen-bond acceptors (Lipinski definition) is 2. The molecule has 1 heterocycles. The lowest BCUT2D eigenvalue weighted by Crippen LogP contribution is -1.89. The summed E-state index contributed by atoms with van der Waals surface area (Å²) in [6.07, 6.45) is 0.674. The van der Waals surface area contributed by atoms with Crippen LogP contribution in [0.4, 0.5) is 0 Å². The highest BCUT2D eigenvalue weighted by molar-refractivity contribution is 6.42. The van der Waals surface area contributed by atoms with Gasteiger partial charge in [0.15, 0.2) is 6.29 Å². The maximum Gasteiger partial charge on any atom is 0.155 e. The van der Waals surface area contributed by atoms with Gasteiger partial charge in [0, 0.05) is 12.6 Å². The monoisotopic (exact) mass is 288 g/mol. The average Bonchev–Trinajstić information content (AvgIpc) is 2.59. The van der Waals surface area contributed by atoms with E-state index in [1.54, 1.807) is 25.2 Å². The predicted molar refractivity (Wildman–Crippen MR) is 69.1 cm³/mol. The van der Waals surface area contributed by atoms with Crippen LogP contribution in [0, 0.1) is 0 Å². The number of carbonyl (C=O) groups excluding carboxylic acids is 1. The minimum absolute atomic E-state index is 0.293. The maximum atomic E-state index is 11.0. The van der Waals surface area contributed by atoms with Gasteiger partial charge in [-0.05, 0) is 12.1 Å². The Morgan fingerprint density at radius 2 is 1.94 bits per heavy atom. The minimum Gasteiger partial charge on any atom is -0.298 e. The molecule has 2 aromatic rings. The van der Waals surface area contributed by atoms with Crippen LogP contribution < -0.4 is 0 Å². The first-order chi connectivity index (χ1) is 8.04. The van der Waals surface area contributed by atoms with Crippen molar-refractivity contribution in [2.75, 3.05) is 0 Å². The van der Waals surface area contributed by atoms with Crippen molar-refractivity contribution in [1.29, 1.82) is 0 Å². The Morgan fingerprint density at radius 1 is 1.24 bits per heavy atom. The zero-order valence-electron chi connectivity index (χ0n) is 8.75. The van der Waals surface area contributed by atoms with Gasteiger partial charge in [0.05, 0.1) is 15.6 Å². The predicted octanol–water partition coefficient (Wildman–Crippen LogP) is 3.86. The molecule has 17 heavy (non-hydrogen) atoms. The molecular weight excluding hydrogens is 282 g/mol. The lowest BCUT2D eigenvalue weighted by Gasteiger charge is -2.00. The van der Waals surface area contributed by atoms with E-state index in [4.69, 9.17) is 34.8 Å². The standard InChI is InChI=1S/C11H7Cl3N2O/c1-16-11(14)7(5-17)10(15-16)6-2-3-8(12)9(13)4-6/h2-5H,1H3. The molecule has 0 spiro atoms. The Bertz CT molecular complexity index is 593. The molecule has 6 heteroatoms. The fourth-order valence-electron chi connectivity index (χ4n) is 1.48. The van der Waals surface area contributed by atoms with Crippen molar-refractivity contribution >= 4 is 41.1 Å². The van der Waals surface area contributed by atoms with E-state index in [2.05, 4.69) is 5.10 Å². The van der Waals surface area contributed by atoms with E-state index in [0.717, 1.165) is 0 Å². The minimum atomic E-state index is 0.293. The largest absolute Gasteiger partial charge is 0.298 e. The van der Waals surface area contributed by atoms with Gasteiger partial charge in [-0.2, -0.15) is 5.10 Å². The molecule has 3 nitrogen and oxygen atoms in total. The molecule has 0 fully saturated rings. The third-order valence-corrected chi connectivity index (χ3v) is 3.51. The number of aromatic nitrogens is 2. The van der Waals surface area contributed by atoms with E-state index in [1.165, 1.54) is 4.68 Å². The third kappa shape index (κ3) is 2.18. The van der Waals surface area contributed by atoms with Crippen LogP contribution in [0.25, 0.3) is 11.3 Å². The first-order valence-corrected chi connectivity index (χ1v) is 5.81. The molecule has 1 aromatic carbocycles. The van der Waals surface area contributed by atoms with Crippen LogP contribution in [0.5, 0.6) is 0 Å². The van der Waals surface area contributed by atoms with Crippen molar-refractivity contribution in [2.24, 2.45) is 7.05 Å². The number of aryl methyl sites for hydroxylation is 1. The lowest BCUT2D eigenvalue weighted by atomic mass is 10.1. The van der Waals surface area contributed by atoms with E-state index in [1.807, 2.05) is 0 Å². The van der Waals surface area contributed by atoms with Crippen molar-refractivity contribution in [1.82, 2.24) is 9.78 Å². The molecule has 0 aliphatic rings. The second kappa shape index (κ2) is 4.69. The van der Waals surface area contributed by atoms with Crippen molar-refractivity contribution in [3.05, 3.63) is 39.0 Å². The molecule has 0 aliphatic heterocycles. The van der Waals surface area contributed by atoms with Gasteiger partial charge >= 0.3 is 0 Å². The highest BCUT2D eigenvalue weighted by Crippen LogP contribution is 2.31. The molecule has 1 aromatic heterocycles. The van der Waals surface area contributed by atoms with E-state index >= 15 is 0 Å². The third-order valence-electron chi connectivity index (χ3n) is 2.32. The van der Waals surface area contributed by atoms with Gasteiger partial charge in [-0.1, -0.05) is 40.9 Å². The summed E-state index contributed by atoms with van der Waals surface area (Å²) in [6.45, 7) is 0. The molecule has 88 valence electrons. The molecule has 0 bridgehead atoms. The second-order valence-corrected chi connectivity index (χ2v) is 4.60. The zero-order valence-corrected chi connectivity index (χ0v) is 11.0. The highest BCUT2D eigenvalue weighted by Gasteiger charge is 2.16. The van der Waals surface area contributed by atoms with Gasteiger partial charge in [0.2, 0.25) is 0 Å². The lowest BCUT2D eigenvalue weighted by molar-refractivity contribution is 0.112. The Hall–Kier alpha value is -1.03. The van der Waals surface area contributed by atoms with Crippen molar-refractivity contribution < 1.29 is 4.79 Å². The Labute approximate surface area is 113 Å². The van der Waals surface area contributed by atoms with Gasteiger partial charge < -0.3 is 0 Å². The van der Waals surface area contributed by atoms with Crippen molar-refractivity contribution in [3.8, 4) is 11.3 Å². The average molecular weight is 290 g/mol. The number of aldehydes is 1. The van der Waals surface area contributed by atoms with Crippen molar-refractivity contribution in [3.63, 3.8) is 0 Å². The van der Waals surface area contributed by atoms with Crippen LogP contribution in [0.3, 0.4) is 0 Å². The Morgan fingerprint density at radius 3 is 2.53 bits per heavy atom. The quantitative estimate of drug-likeness (QED) is 0.787. The molecule has 0 saturated heterocycles. The van der Waals surface area contributed by atoms with Gasteiger partial charge in [0.1, 0.15) is 10.8 Å². The number of nitrogens with zero attached hydrogens (tertiary/aromatic N) is 2. The van der Waals surface area contributed by atoms with Crippen molar-refractivity contribution in [2.45, 2.75) is 0 Å². The zero-order chi connectivity index (χ0) is 12.6. The Kier molecular flexibility index (Phi) is 3.43. The number of halogens is 3. The number of carbonyl (C=O) groups is 1. The topological polar surface area (TPSA) is 34.9 Å². The normalized spacial score (nSPS) is 10.6. The summed E-state index contributed by atoms with van der Waals surface area (Å²) >= 11 is 17.7. The van der Waals surface area contributed by atoms with Gasteiger partial charge in [-0.3, -0.25) is 9.48 Å². The fourth-order valence-corrected chi connectivity index (χ4v) is 1.95. The number of rotatable bonds is 2. The smallest absolute Gasteiger partial charge is 0.155 e. The summed E-state index contributed by atoms with van der Waals surface area (Å²) in [7, 11) is 1.66. The summed E-state index contributed by atoms with van der Waals surface area (Å²) in [6, 6.07) is 5.03. The summed E-state index contributed by atoms with van der Waals surface area (Å²) in [5.41, 5.74) is 1.53. The molecule has 2 rings (SSSR count). The van der Waals surface area contributed by atoms with Crippen LogP contribution in [0.15, 0.2) is 18.2 Å². The molecule has 0 saturated carbocycles. The van der Waals surface area contributed by atoms with Crippen LogP contribution in [0.2, 0.25) is 15.2 Å². The summed E-state index contributed by atoms with van der Waals surface area (Å²) in [5.74, 6) is 0. The van der Waals surface area contributed by atoms with Crippen LogP contribution in [-0.2, 0) is 7.05 Å². The highest BCUT2D eigenvalue weighted by atomic mass is 35.5. The first kappa shape index (κ1) is 12.4. The second-order valence-electron chi connectivity index (χ2n) is 3.42. The summed E-state index contributed by atoms with van der Waals surface area (Å²) in [5, 5.41) is 5.32. The summed E-state index contributed by atoms with van der Waals surface area (Å²) in [4.78, 5) is 11.0. The van der Waals surface area contributed by atoms with Gasteiger partial charge in [-0.15, -0.1) is 0 Å². The fraction of sp³-hybridized carbons (Fsp3) is 0.0909. The van der Waals surface area contributed by atoms with Crippen LogP contribution in [0.1, 0.15) is 10.4 Å². The van der Waals surface area contributed by atoms with E-state index in [0.29, 0.717) is 38.3 Å². The van der Waals surface area contributed by atoms with E-state index < -0.39 is 0 Å². The molecule has 0 aliphatic carbocycles. The first-order valence-electron chi connectivity index (χ1n) is 4.67. The Balaban J connectivity index is 2.64. The molecule has 0 unspecified atom stereocenters. The molecule has 0 radical (unpaired) electrons.